The number of rotatable bonds is 6. The average Bonchev–Trinajstić information content (AvgIpc) is 2.67. The first-order valence-corrected chi connectivity index (χ1v) is 8.59. The predicted octanol–water partition coefficient (Wildman–Crippen LogP) is 2.67. The fraction of sp³-hybridized carbons (Fsp3) is 0.300. The lowest BCUT2D eigenvalue weighted by Crippen LogP contribution is -2.41. The Morgan fingerprint density at radius 2 is 2.00 bits per heavy atom. The molecule has 1 aliphatic heterocycles. The van der Waals surface area contributed by atoms with Crippen LogP contribution >= 0.6 is 0 Å². The third-order valence-electron chi connectivity index (χ3n) is 4.36. The number of methoxy groups -OCH3 is 2. The van der Waals surface area contributed by atoms with E-state index in [4.69, 9.17) is 14.2 Å². The molecule has 1 aliphatic rings. The fourth-order valence-corrected chi connectivity index (χ4v) is 2.95. The lowest BCUT2D eigenvalue weighted by Gasteiger charge is -2.26. The highest BCUT2D eigenvalue weighted by Gasteiger charge is 2.30. The fourth-order valence-electron chi connectivity index (χ4n) is 2.95. The minimum absolute atomic E-state index is 0.0865. The molecule has 7 nitrogen and oxygen atoms in total. The van der Waals surface area contributed by atoms with E-state index in [0.717, 1.165) is 5.56 Å². The Labute approximate surface area is 157 Å². The maximum Gasteiger partial charge on any atom is 0.266 e. The summed E-state index contributed by atoms with van der Waals surface area (Å²) in [6, 6.07) is 12.2. The Hall–Kier alpha value is -3.22. The SMILES string of the molecule is COc1ccc(OC)c([C@H](C)NC(=O)C[C@@H]2Oc3ccccc3NC2=O)c1. The largest absolute Gasteiger partial charge is 0.497 e. The number of para-hydroxylation sites is 2. The van der Waals surface area contributed by atoms with E-state index in [1.54, 1.807) is 44.6 Å². The monoisotopic (exact) mass is 370 g/mol. The number of carbonyl (C=O) groups excluding carboxylic acids is 2. The predicted molar refractivity (Wildman–Crippen MR) is 100 cm³/mol. The maximum absolute atomic E-state index is 12.5. The van der Waals surface area contributed by atoms with Crippen LogP contribution in [0.25, 0.3) is 0 Å². The summed E-state index contributed by atoms with van der Waals surface area (Å²) in [5, 5.41) is 5.63. The highest BCUT2D eigenvalue weighted by atomic mass is 16.5. The maximum atomic E-state index is 12.5. The van der Waals surface area contributed by atoms with E-state index >= 15 is 0 Å². The molecular weight excluding hydrogens is 348 g/mol. The number of hydrogen-bond donors (Lipinski definition) is 2. The zero-order valence-corrected chi connectivity index (χ0v) is 15.4. The van der Waals surface area contributed by atoms with Gasteiger partial charge < -0.3 is 24.8 Å². The van der Waals surface area contributed by atoms with Crippen LogP contribution in [0.5, 0.6) is 17.2 Å². The molecule has 2 N–H and O–H groups in total. The topological polar surface area (TPSA) is 85.9 Å². The first-order chi connectivity index (χ1) is 13.0. The second kappa shape index (κ2) is 7.99. The molecule has 3 rings (SSSR count). The highest BCUT2D eigenvalue weighted by molar-refractivity contribution is 5.99. The number of anilines is 1. The molecule has 1 heterocycles. The van der Waals surface area contributed by atoms with Gasteiger partial charge in [-0.2, -0.15) is 0 Å². The van der Waals surface area contributed by atoms with E-state index in [1.807, 2.05) is 19.1 Å². The van der Waals surface area contributed by atoms with Crippen molar-refractivity contribution in [3.05, 3.63) is 48.0 Å². The Kier molecular flexibility index (Phi) is 5.49. The summed E-state index contributed by atoms with van der Waals surface area (Å²) in [5.41, 5.74) is 1.39. The van der Waals surface area contributed by atoms with Gasteiger partial charge in [-0.25, -0.2) is 0 Å². The standard InChI is InChI=1S/C20H22N2O5/c1-12(14-10-13(25-2)8-9-16(14)26-3)21-19(23)11-18-20(24)22-15-6-4-5-7-17(15)27-18/h4-10,12,18H,11H2,1-3H3,(H,21,23)(H,22,24)/t12-,18-/m0/s1. The number of hydrogen-bond acceptors (Lipinski definition) is 5. The molecule has 0 saturated heterocycles. The molecule has 2 aromatic carbocycles. The van der Waals surface area contributed by atoms with Gasteiger partial charge in [0.05, 0.1) is 32.4 Å². The van der Waals surface area contributed by atoms with Crippen molar-refractivity contribution in [2.45, 2.75) is 25.5 Å². The third kappa shape index (κ3) is 4.13. The van der Waals surface area contributed by atoms with Crippen LogP contribution < -0.4 is 24.8 Å². The minimum atomic E-state index is -0.876. The third-order valence-corrected chi connectivity index (χ3v) is 4.36. The van der Waals surface area contributed by atoms with Gasteiger partial charge in [-0.05, 0) is 37.3 Å². The first-order valence-electron chi connectivity index (χ1n) is 8.59. The molecule has 142 valence electrons. The van der Waals surface area contributed by atoms with E-state index in [-0.39, 0.29) is 24.3 Å². The summed E-state index contributed by atoms with van der Waals surface area (Å²) in [7, 11) is 3.14. The molecule has 2 aromatic rings. The van der Waals surface area contributed by atoms with Gasteiger partial charge in [0.15, 0.2) is 6.10 Å². The number of amides is 2. The van der Waals surface area contributed by atoms with Gasteiger partial charge in [-0.15, -0.1) is 0 Å². The van der Waals surface area contributed by atoms with E-state index < -0.39 is 6.10 Å². The number of carbonyl (C=O) groups is 2. The summed E-state index contributed by atoms with van der Waals surface area (Å²) in [6.45, 7) is 1.84. The summed E-state index contributed by atoms with van der Waals surface area (Å²) >= 11 is 0. The highest BCUT2D eigenvalue weighted by Crippen LogP contribution is 2.31. The van der Waals surface area contributed by atoms with E-state index in [9.17, 15) is 9.59 Å². The van der Waals surface area contributed by atoms with Crippen LogP contribution in [0.15, 0.2) is 42.5 Å². The molecule has 0 bridgehead atoms. The second-order valence-electron chi connectivity index (χ2n) is 6.19. The van der Waals surface area contributed by atoms with Gasteiger partial charge in [0.2, 0.25) is 5.91 Å². The van der Waals surface area contributed by atoms with E-state index in [2.05, 4.69) is 10.6 Å². The summed E-state index contributed by atoms with van der Waals surface area (Å²) < 4.78 is 16.3. The molecule has 27 heavy (non-hydrogen) atoms. The van der Waals surface area contributed by atoms with Crippen molar-refractivity contribution in [3.63, 3.8) is 0 Å². The quantitative estimate of drug-likeness (QED) is 0.817. The molecule has 0 unspecified atom stereocenters. The zero-order valence-electron chi connectivity index (χ0n) is 15.4. The van der Waals surface area contributed by atoms with E-state index in [0.29, 0.717) is 22.9 Å². The summed E-state index contributed by atoms with van der Waals surface area (Å²) in [6.07, 6.45) is -0.962. The molecule has 0 radical (unpaired) electrons. The Morgan fingerprint density at radius 3 is 2.74 bits per heavy atom. The van der Waals surface area contributed by atoms with Crippen LogP contribution in [0.1, 0.15) is 24.9 Å². The lowest BCUT2D eigenvalue weighted by molar-refractivity contribution is -0.130. The number of nitrogens with one attached hydrogen (secondary N) is 2. The first kappa shape index (κ1) is 18.6. The van der Waals surface area contributed by atoms with Gasteiger partial charge in [-0.1, -0.05) is 12.1 Å². The van der Waals surface area contributed by atoms with Crippen LogP contribution in [0.2, 0.25) is 0 Å². The molecule has 2 atom stereocenters. The molecular formula is C20H22N2O5. The van der Waals surface area contributed by atoms with Crippen molar-refractivity contribution >= 4 is 17.5 Å². The second-order valence-corrected chi connectivity index (χ2v) is 6.19. The lowest BCUT2D eigenvalue weighted by atomic mass is 10.1. The van der Waals surface area contributed by atoms with Gasteiger partial charge in [0.25, 0.3) is 5.91 Å². The van der Waals surface area contributed by atoms with Crippen molar-refractivity contribution in [1.29, 1.82) is 0 Å². The minimum Gasteiger partial charge on any atom is -0.497 e. The van der Waals surface area contributed by atoms with Crippen LogP contribution in [0, 0.1) is 0 Å². The number of benzene rings is 2. The van der Waals surface area contributed by atoms with Gasteiger partial charge >= 0.3 is 0 Å². The normalized spacial score (nSPS) is 16.4. The van der Waals surface area contributed by atoms with Crippen LogP contribution in [0.3, 0.4) is 0 Å². The average molecular weight is 370 g/mol. The molecule has 0 spiro atoms. The van der Waals surface area contributed by atoms with Crippen molar-refractivity contribution in [1.82, 2.24) is 5.32 Å². The molecule has 2 amide bonds. The van der Waals surface area contributed by atoms with Gasteiger partial charge in [0.1, 0.15) is 17.2 Å². The van der Waals surface area contributed by atoms with E-state index in [1.165, 1.54) is 0 Å². The Morgan fingerprint density at radius 1 is 1.22 bits per heavy atom. The number of fused-ring (bicyclic) bond motifs is 1. The van der Waals surface area contributed by atoms with Gasteiger partial charge in [0, 0.05) is 5.56 Å². The Balaban J connectivity index is 1.67. The van der Waals surface area contributed by atoms with Crippen LogP contribution in [-0.2, 0) is 9.59 Å². The van der Waals surface area contributed by atoms with Gasteiger partial charge in [-0.3, -0.25) is 9.59 Å². The van der Waals surface area contributed by atoms with Crippen molar-refractivity contribution < 1.29 is 23.8 Å². The smallest absolute Gasteiger partial charge is 0.266 e. The van der Waals surface area contributed by atoms with Crippen LogP contribution in [0.4, 0.5) is 5.69 Å². The Bertz CT molecular complexity index is 852. The molecule has 0 aromatic heterocycles. The summed E-state index contributed by atoms with van der Waals surface area (Å²) in [4.78, 5) is 24.6. The van der Waals surface area contributed by atoms with Crippen molar-refractivity contribution in [2.24, 2.45) is 0 Å². The van der Waals surface area contributed by atoms with Crippen LogP contribution in [-0.4, -0.2) is 32.1 Å². The molecule has 0 aliphatic carbocycles. The molecule has 0 saturated carbocycles. The van der Waals surface area contributed by atoms with Crippen molar-refractivity contribution in [2.75, 3.05) is 19.5 Å². The van der Waals surface area contributed by atoms with Crippen molar-refractivity contribution in [3.8, 4) is 17.2 Å². The zero-order chi connectivity index (χ0) is 19.4. The summed E-state index contributed by atoms with van der Waals surface area (Å²) in [5.74, 6) is 1.22. The molecule has 7 heteroatoms. The number of ether oxygens (including phenoxy) is 3. The molecule has 0 fully saturated rings.